The molecular formula is C12H22N4O. The maximum absolute atomic E-state index is 5.34. The molecule has 0 fully saturated rings. The monoisotopic (exact) mass is 238 g/mol. The second-order valence-corrected chi connectivity index (χ2v) is 4.26. The predicted molar refractivity (Wildman–Crippen MR) is 70.7 cm³/mol. The second kappa shape index (κ2) is 6.27. The molecule has 0 aromatic carbocycles. The van der Waals surface area contributed by atoms with Gasteiger partial charge in [0, 0.05) is 13.1 Å². The van der Waals surface area contributed by atoms with Crippen molar-refractivity contribution in [2.75, 3.05) is 24.8 Å². The van der Waals surface area contributed by atoms with Crippen molar-refractivity contribution in [2.24, 2.45) is 5.92 Å². The summed E-state index contributed by atoms with van der Waals surface area (Å²) in [5, 5.41) is 6.40. The molecule has 0 amide bonds. The maximum Gasteiger partial charge on any atom is 0.204 e. The molecule has 0 aliphatic carbocycles. The Bertz CT molecular complexity index is 354. The summed E-state index contributed by atoms with van der Waals surface area (Å²) >= 11 is 0. The van der Waals surface area contributed by atoms with Gasteiger partial charge in [0.15, 0.2) is 11.6 Å². The highest BCUT2D eigenvalue weighted by molar-refractivity contribution is 5.63. The van der Waals surface area contributed by atoms with E-state index in [-0.39, 0.29) is 0 Å². The molecule has 0 aliphatic heterocycles. The highest BCUT2D eigenvalue weighted by Gasteiger charge is 2.16. The number of methoxy groups -OCH3 is 1. The summed E-state index contributed by atoms with van der Waals surface area (Å²) in [5.74, 6) is 2.64. The fourth-order valence-corrected chi connectivity index (χ4v) is 1.76. The van der Waals surface area contributed by atoms with Crippen LogP contribution in [0.25, 0.3) is 0 Å². The quantitative estimate of drug-likeness (QED) is 0.796. The first-order chi connectivity index (χ1) is 8.13. The van der Waals surface area contributed by atoms with Crippen LogP contribution in [0.3, 0.4) is 0 Å². The van der Waals surface area contributed by atoms with Crippen molar-refractivity contribution in [1.82, 2.24) is 9.97 Å². The minimum Gasteiger partial charge on any atom is -0.490 e. The Morgan fingerprint density at radius 3 is 2.41 bits per heavy atom. The van der Waals surface area contributed by atoms with E-state index in [9.17, 15) is 0 Å². The smallest absolute Gasteiger partial charge is 0.204 e. The number of aromatic nitrogens is 2. The number of rotatable bonds is 6. The van der Waals surface area contributed by atoms with E-state index >= 15 is 0 Å². The summed E-state index contributed by atoms with van der Waals surface area (Å²) in [6.07, 6.45) is 2.57. The van der Waals surface area contributed by atoms with Gasteiger partial charge in [0.2, 0.25) is 5.75 Å². The van der Waals surface area contributed by atoms with E-state index in [2.05, 4.69) is 41.4 Å². The number of nitrogens with zero attached hydrogens (tertiary/aromatic N) is 2. The Balaban J connectivity index is 2.97. The van der Waals surface area contributed by atoms with Gasteiger partial charge in [-0.05, 0) is 12.3 Å². The molecule has 0 bridgehead atoms. The third kappa shape index (κ3) is 3.22. The van der Waals surface area contributed by atoms with Crippen molar-refractivity contribution in [3.05, 3.63) is 6.33 Å². The molecule has 1 aromatic rings. The summed E-state index contributed by atoms with van der Waals surface area (Å²) in [6.45, 7) is 6.53. The van der Waals surface area contributed by atoms with Crippen LogP contribution in [0.2, 0.25) is 0 Å². The molecule has 0 radical (unpaired) electrons. The molecular weight excluding hydrogens is 216 g/mol. The average molecular weight is 238 g/mol. The lowest BCUT2D eigenvalue weighted by Gasteiger charge is -2.22. The van der Waals surface area contributed by atoms with Gasteiger partial charge < -0.3 is 15.4 Å². The molecule has 17 heavy (non-hydrogen) atoms. The van der Waals surface area contributed by atoms with Crippen molar-refractivity contribution >= 4 is 11.6 Å². The minimum absolute atomic E-state index is 0.378. The summed E-state index contributed by atoms with van der Waals surface area (Å²) in [5.41, 5.74) is 0. The Kier molecular flexibility index (Phi) is 5.00. The zero-order valence-corrected chi connectivity index (χ0v) is 11.2. The van der Waals surface area contributed by atoms with Gasteiger partial charge in [-0.1, -0.05) is 20.8 Å². The van der Waals surface area contributed by atoms with Crippen LogP contribution >= 0.6 is 0 Å². The molecule has 96 valence electrons. The maximum atomic E-state index is 5.34. The van der Waals surface area contributed by atoms with Gasteiger partial charge in [0.1, 0.15) is 6.33 Å². The van der Waals surface area contributed by atoms with E-state index in [0.29, 0.717) is 23.5 Å². The van der Waals surface area contributed by atoms with E-state index in [1.165, 1.54) is 6.33 Å². The highest BCUT2D eigenvalue weighted by atomic mass is 16.5. The van der Waals surface area contributed by atoms with Crippen LogP contribution in [-0.2, 0) is 0 Å². The van der Waals surface area contributed by atoms with Crippen LogP contribution < -0.4 is 15.4 Å². The lowest BCUT2D eigenvalue weighted by molar-refractivity contribution is 0.412. The van der Waals surface area contributed by atoms with Crippen LogP contribution in [0.15, 0.2) is 6.33 Å². The SMILES string of the molecule is CCC(Nc1ncnc(NC)c1OC)C(C)C. The topological polar surface area (TPSA) is 59.1 Å². The van der Waals surface area contributed by atoms with Crippen LogP contribution in [0.1, 0.15) is 27.2 Å². The largest absolute Gasteiger partial charge is 0.490 e. The first kappa shape index (κ1) is 13.5. The molecule has 1 unspecified atom stereocenters. The van der Waals surface area contributed by atoms with Gasteiger partial charge in [-0.15, -0.1) is 0 Å². The van der Waals surface area contributed by atoms with Gasteiger partial charge in [0.25, 0.3) is 0 Å². The highest BCUT2D eigenvalue weighted by Crippen LogP contribution is 2.29. The van der Waals surface area contributed by atoms with Crippen LogP contribution in [0.4, 0.5) is 11.6 Å². The number of nitrogens with one attached hydrogen (secondary N) is 2. The molecule has 0 saturated heterocycles. The fraction of sp³-hybridized carbons (Fsp3) is 0.667. The van der Waals surface area contributed by atoms with E-state index in [4.69, 9.17) is 4.74 Å². The van der Waals surface area contributed by atoms with Crippen molar-refractivity contribution in [1.29, 1.82) is 0 Å². The summed E-state index contributed by atoms with van der Waals surface area (Å²) in [6, 6.07) is 0.378. The molecule has 1 aromatic heterocycles. The van der Waals surface area contributed by atoms with Gasteiger partial charge in [-0.3, -0.25) is 0 Å². The first-order valence-electron chi connectivity index (χ1n) is 5.97. The van der Waals surface area contributed by atoms with E-state index in [1.54, 1.807) is 7.11 Å². The molecule has 5 heteroatoms. The van der Waals surface area contributed by atoms with Crippen molar-refractivity contribution in [3.8, 4) is 5.75 Å². The Hall–Kier alpha value is -1.52. The lowest BCUT2D eigenvalue weighted by Crippen LogP contribution is -2.25. The van der Waals surface area contributed by atoms with Gasteiger partial charge in [0.05, 0.1) is 7.11 Å². The van der Waals surface area contributed by atoms with Crippen LogP contribution in [0.5, 0.6) is 5.75 Å². The molecule has 0 saturated carbocycles. The van der Waals surface area contributed by atoms with Crippen molar-refractivity contribution < 1.29 is 4.74 Å². The standard InChI is InChI=1S/C12H22N4O/c1-6-9(8(2)3)16-12-10(17-5)11(13-4)14-7-15-12/h7-9H,6H2,1-5H3,(H2,13,14,15,16). The Morgan fingerprint density at radius 2 is 1.94 bits per heavy atom. The molecule has 1 atom stereocenters. The van der Waals surface area contributed by atoms with Gasteiger partial charge >= 0.3 is 0 Å². The van der Waals surface area contributed by atoms with Crippen LogP contribution in [0, 0.1) is 5.92 Å². The zero-order chi connectivity index (χ0) is 12.8. The molecule has 2 N–H and O–H groups in total. The van der Waals surface area contributed by atoms with Crippen molar-refractivity contribution in [2.45, 2.75) is 33.2 Å². The van der Waals surface area contributed by atoms with E-state index in [0.717, 1.165) is 12.2 Å². The zero-order valence-electron chi connectivity index (χ0n) is 11.2. The number of hydrogen-bond donors (Lipinski definition) is 2. The second-order valence-electron chi connectivity index (χ2n) is 4.26. The Labute approximate surface area is 103 Å². The van der Waals surface area contributed by atoms with E-state index < -0.39 is 0 Å². The lowest BCUT2D eigenvalue weighted by atomic mass is 10.0. The number of ether oxygens (including phenoxy) is 1. The van der Waals surface area contributed by atoms with Gasteiger partial charge in [-0.25, -0.2) is 9.97 Å². The molecule has 1 heterocycles. The predicted octanol–water partition coefficient (Wildman–Crippen LogP) is 2.37. The summed E-state index contributed by atoms with van der Waals surface area (Å²) < 4.78 is 5.34. The third-order valence-corrected chi connectivity index (χ3v) is 2.81. The van der Waals surface area contributed by atoms with Gasteiger partial charge in [-0.2, -0.15) is 0 Å². The number of anilines is 2. The molecule has 0 spiro atoms. The van der Waals surface area contributed by atoms with Crippen LogP contribution in [-0.4, -0.2) is 30.2 Å². The average Bonchev–Trinajstić information content (AvgIpc) is 2.34. The Morgan fingerprint density at radius 1 is 1.29 bits per heavy atom. The molecule has 1 rings (SSSR count). The first-order valence-corrected chi connectivity index (χ1v) is 5.97. The minimum atomic E-state index is 0.378. The summed E-state index contributed by atoms with van der Waals surface area (Å²) in [4.78, 5) is 8.36. The fourth-order valence-electron chi connectivity index (χ4n) is 1.76. The van der Waals surface area contributed by atoms with E-state index in [1.807, 2.05) is 7.05 Å². The normalized spacial score (nSPS) is 12.4. The number of hydrogen-bond acceptors (Lipinski definition) is 5. The third-order valence-electron chi connectivity index (χ3n) is 2.81. The molecule has 5 nitrogen and oxygen atoms in total. The van der Waals surface area contributed by atoms with Crippen molar-refractivity contribution in [3.63, 3.8) is 0 Å². The summed E-state index contributed by atoms with van der Waals surface area (Å²) in [7, 11) is 3.44. The molecule has 0 aliphatic rings.